The molecular weight excluding hydrogens is 418 g/mol. The second-order valence-electron chi connectivity index (χ2n) is 8.61. The summed E-state index contributed by atoms with van der Waals surface area (Å²) in [4.78, 5) is 29.1. The van der Waals surface area contributed by atoms with Gasteiger partial charge >= 0.3 is 12.0 Å². The predicted octanol–water partition coefficient (Wildman–Crippen LogP) is 3.00. The lowest BCUT2D eigenvalue weighted by Crippen LogP contribution is -2.53. The van der Waals surface area contributed by atoms with E-state index in [4.69, 9.17) is 4.74 Å². The zero-order valence-electron chi connectivity index (χ0n) is 18.6. The first-order chi connectivity index (χ1) is 14.7. The summed E-state index contributed by atoms with van der Waals surface area (Å²) < 4.78 is 29.0. The van der Waals surface area contributed by atoms with Crippen LogP contribution in [-0.2, 0) is 14.6 Å². The molecule has 31 heavy (non-hydrogen) atoms. The van der Waals surface area contributed by atoms with Crippen molar-refractivity contribution < 1.29 is 22.7 Å². The van der Waals surface area contributed by atoms with Gasteiger partial charge in [-0.05, 0) is 56.7 Å². The lowest BCUT2D eigenvalue weighted by molar-refractivity contribution is 0.0526. The van der Waals surface area contributed by atoms with Crippen molar-refractivity contribution >= 4 is 27.5 Å². The van der Waals surface area contributed by atoms with Crippen LogP contribution in [0.25, 0.3) is 0 Å². The SMILES string of the molecule is CCOC(=O)c1cc(NC(=O)N2CCN(C3CCC(C)CC3)CC2)cc(S(C)(=O)=O)c1. The van der Waals surface area contributed by atoms with Gasteiger partial charge in [0, 0.05) is 44.2 Å². The number of amides is 2. The molecule has 1 saturated heterocycles. The van der Waals surface area contributed by atoms with Crippen molar-refractivity contribution in [2.75, 3.05) is 44.4 Å². The van der Waals surface area contributed by atoms with Gasteiger partial charge in [-0.3, -0.25) is 4.90 Å². The topological polar surface area (TPSA) is 96.0 Å². The number of esters is 1. The number of sulfone groups is 1. The number of hydrogen-bond acceptors (Lipinski definition) is 6. The number of urea groups is 1. The molecule has 2 amide bonds. The lowest BCUT2D eigenvalue weighted by Gasteiger charge is -2.41. The summed E-state index contributed by atoms with van der Waals surface area (Å²) in [6.45, 7) is 7.07. The molecule has 1 heterocycles. The Kier molecular flexibility index (Phi) is 7.59. The molecule has 1 aliphatic carbocycles. The van der Waals surface area contributed by atoms with Crippen molar-refractivity contribution in [2.24, 2.45) is 5.92 Å². The van der Waals surface area contributed by atoms with Crippen LogP contribution in [0.1, 0.15) is 49.9 Å². The molecule has 0 atom stereocenters. The van der Waals surface area contributed by atoms with E-state index in [0.717, 1.165) is 25.3 Å². The molecule has 8 nitrogen and oxygen atoms in total. The summed E-state index contributed by atoms with van der Waals surface area (Å²) in [7, 11) is -3.56. The molecular formula is C22H33N3O5S. The molecule has 172 valence electrons. The Bertz CT molecular complexity index is 902. The third kappa shape index (κ3) is 6.20. The summed E-state index contributed by atoms with van der Waals surface area (Å²) in [5.74, 6) is 0.185. The summed E-state index contributed by atoms with van der Waals surface area (Å²) in [6, 6.07) is 4.41. The van der Waals surface area contributed by atoms with Gasteiger partial charge < -0.3 is 15.0 Å². The molecule has 0 spiro atoms. The van der Waals surface area contributed by atoms with Crippen LogP contribution in [0.3, 0.4) is 0 Å². The molecule has 1 aromatic rings. The predicted molar refractivity (Wildman–Crippen MR) is 119 cm³/mol. The van der Waals surface area contributed by atoms with Gasteiger partial charge in [0.1, 0.15) is 0 Å². The molecule has 1 saturated carbocycles. The number of hydrogen-bond donors (Lipinski definition) is 1. The zero-order chi connectivity index (χ0) is 22.6. The average molecular weight is 452 g/mol. The van der Waals surface area contributed by atoms with E-state index in [2.05, 4.69) is 17.1 Å². The minimum Gasteiger partial charge on any atom is -0.462 e. The van der Waals surface area contributed by atoms with E-state index in [1.807, 2.05) is 0 Å². The van der Waals surface area contributed by atoms with Gasteiger partial charge in [0.15, 0.2) is 9.84 Å². The maximum Gasteiger partial charge on any atom is 0.338 e. The Morgan fingerprint density at radius 1 is 1.06 bits per heavy atom. The summed E-state index contributed by atoms with van der Waals surface area (Å²) >= 11 is 0. The third-order valence-electron chi connectivity index (χ3n) is 6.20. The Morgan fingerprint density at radius 3 is 2.29 bits per heavy atom. The molecule has 1 N–H and O–H groups in total. The number of anilines is 1. The molecule has 0 radical (unpaired) electrons. The summed E-state index contributed by atoms with van der Waals surface area (Å²) in [6.07, 6.45) is 6.05. The highest BCUT2D eigenvalue weighted by Gasteiger charge is 2.28. The van der Waals surface area contributed by atoms with Crippen LogP contribution in [0.2, 0.25) is 0 Å². The Labute approximate surface area is 184 Å². The number of rotatable bonds is 5. The first-order valence-electron chi connectivity index (χ1n) is 11.0. The van der Waals surface area contributed by atoms with E-state index < -0.39 is 15.8 Å². The van der Waals surface area contributed by atoms with Crippen LogP contribution in [-0.4, -0.2) is 75.3 Å². The van der Waals surface area contributed by atoms with E-state index >= 15 is 0 Å². The van der Waals surface area contributed by atoms with E-state index in [1.165, 1.54) is 43.9 Å². The van der Waals surface area contributed by atoms with Gasteiger partial charge in [-0.2, -0.15) is 0 Å². The maximum absolute atomic E-state index is 12.8. The number of nitrogens with zero attached hydrogens (tertiary/aromatic N) is 2. The van der Waals surface area contributed by atoms with Gasteiger partial charge in [0.25, 0.3) is 0 Å². The second kappa shape index (κ2) is 9.99. The van der Waals surface area contributed by atoms with Crippen LogP contribution in [0.5, 0.6) is 0 Å². The highest BCUT2D eigenvalue weighted by molar-refractivity contribution is 7.90. The molecule has 0 unspecified atom stereocenters. The third-order valence-corrected chi connectivity index (χ3v) is 7.29. The fourth-order valence-electron chi connectivity index (χ4n) is 4.32. The second-order valence-corrected chi connectivity index (χ2v) is 10.6. The van der Waals surface area contributed by atoms with Crippen molar-refractivity contribution in [3.8, 4) is 0 Å². The first kappa shape index (κ1) is 23.5. The number of benzene rings is 1. The smallest absolute Gasteiger partial charge is 0.338 e. The van der Waals surface area contributed by atoms with E-state index in [1.54, 1.807) is 11.8 Å². The Morgan fingerprint density at radius 2 is 1.71 bits per heavy atom. The average Bonchev–Trinajstić information content (AvgIpc) is 2.74. The summed E-state index contributed by atoms with van der Waals surface area (Å²) in [5, 5.41) is 2.76. The van der Waals surface area contributed by atoms with Crippen molar-refractivity contribution in [2.45, 2.75) is 50.5 Å². The fraction of sp³-hybridized carbons (Fsp3) is 0.636. The molecule has 1 aromatic carbocycles. The number of ether oxygens (including phenoxy) is 1. The zero-order valence-corrected chi connectivity index (χ0v) is 19.4. The molecule has 3 rings (SSSR count). The minimum absolute atomic E-state index is 0.0373. The molecule has 0 aromatic heterocycles. The van der Waals surface area contributed by atoms with Crippen molar-refractivity contribution in [1.29, 1.82) is 0 Å². The molecule has 9 heteroatoms. The van der Waals surface area contributed by atoms with Gasteiger partial charge in [-0.25, -0.2) is 18.0 Å². The quantitative estimate of drug-likeness (QED) is 0.692. The lowest BCUT2D eigenvalue weighted by atomic mass is 9.86. The van der Waals surface area contributed by atoms with Crippen molar-refractivity contribution in [3.63, 3.8) is 0 Å². The van der Waals surface area contributed by atoms with Crippen LogP contribution < -0.4 is 5.32 Å². The van der Waals surface area contributed by atoms with Crippen LogP contribution in [0.4, 0.5) is 10.5 Å². The van der Waals surface area contributed by atoms with Crippen LogP contribution in [0, 0.1) is 5.92 Å². The standard InChI is InChI=1S/C22H33N3O5S/c1-4-30-21(26)17-13-18(15-20(14-17)31(3,28)29)23-22(27)25-11-9-24(10-12-25)19-7-5-16(2)6-8-19/h13-16,19H,4-12H2,1-3H3,(H,23,27). The maximum atomic E-state index is 12.8. The Balaban J connectivity index is 1.64. The fourth-order valence-corrected chi connectivity index (χ4v) is 5.00. The van der Waals surface area contributed by atoms with E-state index in [-0.39, 0.29) is 28.8 Å². The Hall–Kier alpha value is -2.13. The minimum atomic E-state index is -3.56. The molecule has 2 fully saturated rings. The van der Waals surface area contributed by atoms with Crippen LogP contribution in [0.15, 0.2) is 23.1 Å². The van der Waals surface area contributed by atoms with Crippen molar-refractivity contribution in [3.05, 3.63) is 23.8 Å². The first-order valence-corrected chi connectivity index (χ1v) is 12.9. The normalized spacial score (nSPS) is 22.7. The number of piperazine rings is 1. The molecule has 0 bridgehead atoms. The van der Waals surface area contributed by atoms with Gasteiger partial charge in [-0.1, -0.05) is 6.92 Å². The van der Waals surface area contributed by atoms with E-state index in [9.17, 15) is 18.0 Å². The monoisotopic (exact) mass is 451 g/mol. The number of carbonyl (C=O) groups excluding carboxylic acids is 2. The van der Waals surface area contributed by atoms with Gasteiger partial charge in [-0.15, -0.1) is 0 Å². The number of nitrogens with one attached hydrogen (secondary N) is 1. The molecule has 1 aliphatic heterocycles. The van der Waals surface area contributed by atoms with Gasteiger partial charge in [0.2, 0.25) is 0 Å². The van der Waals surface area contributed by atoms with Crippen molar-refractivity contribution in [1.82, 2.24) is 9.80 Å². The highest BCUT2D eigenvalue weighted by Crippen LogP contribution is 2.28. The number of carbonyl (C=O) groups is 2. The molecule has 2 aliphatic rings. The van der Waals surface area contributed by atoms with Crippen LogP contribution >= 0.6 is 0 Å². The highest BCUT2D eigenvalue weighted by atomic mass is 32.2. The summed E-state index contributed by atoms with van der Waals surface area (Å²) in [5.41, 5.74) is 0.357. The largest absolute Gasteiger partial charge is 0.462 e. The van der Waals surface area contributed by atoms with E-state index in [0.29, 0.717) is 19.1 Å². The van der Waals surface area contributed by atoms with Gasteiger partial charge in [0.05, 0.1) is 17.1 Å².